The van der Waals surface area contributed by atoms with Gasteiger partial charge in [0.05, 0.1) is 6.42 Å². The number of hydrogen-bond donors (Lipinski definition) is 2. The second-order valence-electron chi connectivity index (χ2n) is 5.53. The number of rotatable bonds is 6. The Labute approximate surface area is 128 Å². The van der Waals surface area contributed by atoms with Gasteiger partial charge in [-0.3, -0.25) is 19.3 Å². The maximum Gasteiger partial charge on any atom is 0.321 e. The van der Waals surface area contributed by atoms with Crippen LogP contribution in [-0.4, -0.2) is 51.5 Å². The fourth-order valence-corrected chi connectivity index (χ4v) is 2.92. The summed E-state index contributed by atoms with van der Waals surface area (Å²) >= 11 is 0. The molecule has 0 bridgehead atoms. The number of carboxylic acids is 2. The first-order valence-corrected chi connectivity index (χ1v) is 7.23. The minimum atomic E-state index is -1.16. The number of piperidine rings is 1. The minimum Gasteiger partial charge on any atom is -0.481 e. The first-order valence-electron chi connectivity index (χ1n) is 7.23. The molecule has 2 atom stereocenters. The first kappa shape index (κ1) is 16.2. The third-order valence-electron chi connectivity index (χ3n) is 3.95. The van der Waals surface area contributed by atoms with Gasteiger partial charge in [0.2, 0.25) is 0 Å². The number of carbonyl (C=O) groups is 3. The zero-order valence-corrected chi connectivity index (χ0v) is 12.1. The number of hydrogen-bond acceptors (Lipinski definition) is 4. The van der Waals surface area contributed by atoms with Crippen LogP contribution in [0.15, 0.2) is 30.3 Å². The molecular formula is C16H19NO5. The molecule has 1 aromatic carbocycles. The van der Waals surface area contributed by atoms with Crippen LogP contribution in [0.2, 0.25) is 0 Å². The summed E-state index contributed by atoms with van der Waals surface area (Å²) in [6, 6.07) is 8.13. The Morgan fingerprint density at radius 1 is 1.23 bits per heavy atom. The maximum absolute atomic E-state index is 11.7. The Bertz CT molecular complexity index is 557. The summed E-state index contributed by atoms with van der Waals surface area (Å²) in [6.45, 7) is 0.292. The first-order chi connectivity index (χ1) is 10.5. The molecule has 1 heterocycles. The van der Waals surface area contributed by atoms with Gasteiger partial charge in [-0.05, 0) is 12.0 Å². The fraction of sp³-hybridized carbons (Fsp3) is 0.438. The van der Waals surface area contributed by atoms with Crippen molar-refractivity contribution in [1.29, 1.82) is 0 Å². The second-order valence-corrected chi connectivity index (χ2v) is 5.53. The number of nitrogens with zero attached hydrogens (tertiary/aromatic N) is 1. The minimum absolute atomic E-state index is 0.0941. The molecule has 0 spiro atoms. The Morgan fingerprint density at radius 2 is 1.91 bits per heavy atom. The molecule has 2 N–H and O–H groups in total. The molecule has 2 rings (SSSR count). The Hall–Kier alpha value is -2.21. The molecule has 0 saturated carbocycles. The number of ketones is 1. The molecule has 6 nitrogen and oxygen atoms in total. The Kier molecular flexibility index (Phi) is 5.27. The van der Waals surface area contributed by atoms with Crippen molar-refractivity contribution >= 4 is 17.7 Å². The summed E-state index contributed by atoms with van der Waals surface area (Å²) in [5.41, 5.74) is 1.01. The lowest BCUT2D eigenvalue weighted by Crippen LogP contribution is -2.53. The molecular weight excluding hydrogens is 286 g/mol. The summed E-state index contributed by atoms with van der Waals surface area (Å²) in [5, 5.41) is 18.3. The van der Waals surface area contributed by atoms with Crippen molar-refractivity contribution in [3.63, 3.8) is 0 Å². The quantitative estimate of drug-likeness (QED) is 0.820. The van der Waals surface area contributed by atoms with E-state index in [1.165, 1.54) is 0 Å². The molecule has 1 aliphatic rings. The van der Waals surface area contributed by atoms with E-state index in [1.807, 2.05) is 30.3 Å². The molecule has 0 aromatic heterocycles. The van der Waals surface area contributed by atoms with Gasteiger partial charge in [-0.25, -0.2) is 0 Å². The molecule has 118 valence electrons. The molecule has 22 heavy (non-hydrogen) atoms. The van der Waals surface area contributed by atoms with Crippen LogP contribution < -0.4 is 0 Å². The van der Waals surface area contributed by atoms with E-state index >= 15 is 0 Å². The molecule has 0 aliphatic carbocycles. The summed E-state index contributed by atoms with van der Waals surface area (Å²) in [6.07, 6.45) is 0.609. The third kappa shape index (κ3) is 4.14. The van der Waals surface area contributed by atoms with E-state index in [2.05, 4.69) is 0 Å². The topological polar surface area (TPSA) is 94.9 Å². The van der Waals surface area contributed by atoms with Crippen LogP contribution in [0.5, 0.6) is 0 Å². The predicted octanol–water partition coefficient (Wildman–Crippen LogP) is 1.19. The highest BCUT2D eigenvalue weighted by atomic mass is 16.4. The van der Waals surface area contributed by atoms with Crippen molar-refractivity contribution in [2.75, 3.05) is 6.54 Å². The van der Waals surface area contributed by atoms with E-state index in [1.54, 1.807) is 4.90 Å². The van der Waals surface area contributed by atoms with Crippen LogP contribution in [0.25, 0.3) is 0 Å². The maximum atomic E-state index is 11.7. The van der Waals surface area contributed by atoms with Gasteiger partial charge < -0.3 is 10.2 Å². The largest absolute Gasteiger partial charge is 0.481 e. The van der Waals surface area contributed by atoms with Crippen LogP contribution in [0.4, 0.5) is 0 Å². The summed E-state index contributed by atoms with van der Waals surface area (Å²) < 4.78 is 0. The van der Waals surface area contributed by atoms with Crippen LogP contribution >= 0.6 is 0 Å². The van der Waals surface area contributed by atoms with Crippen molar-refractivity contribution in [2.45, 2.75) is 37.8 Å². The number of likely N-dealkylation sites (tertiary alicyclic amines) is 1. The standard InChI is InChI=1S/C16H19NO5/c18-13-6-7-17(14(16(21)22)10-15(19)20)12(9-13)8-11-4-2-1-3-5-11/h1-5,12,14H,6-10H2,(H,19,20)(H,21,22)/t12-,14?/m0/s1. The average molecular weight is 305 g/mol. The summed E-state index contributed by atoms with van der Waals surface area (Å²) in [5.74, 6) is -2.21. The van der Waals surface area contributed by atoms with Crippen molar-refractivity contribution < 1.29 is 24.6 Å². The van der Waals surface area contributed by atoms with Gasteiger partial charge in [0.25, 0.3) is 0 Å². The molecule has 0 radical (unpaired) electrons. The molecule has 6 heteroatoms. The normalized spacial score (nSPS) is 20.5. The smallest absolute Gasteiger partial charge is 0.321 e. The van der Waals surface area contributed by atoms with E-state index in [9.17, 15) is 19.5 Å². The molecule has 0 amide bonds. The summed E-state index contributed by atoms with van der Waals surface area (Å²) in [4.78, 5) is 35.7. The summed E-state index contributed by atoms with van der Waals surface area (Å²) in [7, 11) is 0. The number of Topliss-reactive ketones (excluding diaryl/α,β-unsaturated/α-hetero) is 1. The monoisotopic (exact) mass is 305 g/mol. The number of carbonyl (C=O) groups excluding carboxylic acids is 1. The van der Waals surface area contributed by atoms with Crippen LogP contribution in [-0.2, 0) is 20.8 Å². The van der Waals surface area contributed by atoms with Gasteiger partial charge >= 0.3 is 11.9 Å². The number of aliphatic carboxylic acids is 2. The van der Waals surface area contributed by atoms with Crippen LogP contribution in [0, 0.1) is 0 Å². The van der Waals surface area contributed by atoms with Crippen molar-refractivity contribution in [1.82, 2.24) is 4.90 Å². The van der Waals surface area contributed by atoms with E-state index in [0.717, 1.165) is 5.56 Å². The van der Waals surface area contributed by atoms with Gasteiger partial charge in [-0.1, -0.05) is 30.3 Å². The number of carboxylic acid groups (broad SMARTS) is 2. The molecule has 1 aliphatic heterocycles. The van der Waals surface area contributed by atoms with Crippen LogP contribution in [0.3, 0.4) is 0 Å². The second kappa shape index (κ2) is 7.17. The van der Waals surface area contributed by atoms with Crippen LogP contribution in [0.1, 0.15) is 24.8 Å². The molecule has 1 fully saturated rings. The highest BCUT2D eigenvalue weighted by Gasteiger charge is 2.36. The highest BCUT2D eigenvalue weighted by molar-refractivity contribution is 5.83. The zero-order valence-electron chi connectivity index (χ0n) is 12.1. The van der Waals surface area contributed by atoms with Gasteiger partial charge in [0, 0.05) is 25.4 Å². The molecule has 1 unspecified atom stereocenters. The third-order valence-corrected chi connectivity index (χ3v) is 3.95. The predicted molar refractivity (Wildman–Crippen MR) is 78.6 cm³/mol. The van der Waals surface area contributed by atoms with E-state index < -0.39 is 24.4 Å². The van der Waals surface area contributed by atoms with E-state index in [4.69, 9.17) is 5.11 Å². The lowest BCUT2D eigenvalue weighted by atomic mass is 9.92. The van der Waals surface area contributed by atoms with Crippen molar-refractivity contribution in [2.24, 2.45) is 0 Å². The SMILES string of the molecule is O=C(O)CC(C(=O)O)N1CCC(=O)C[C@@H]1Cc1ccccc1. The average Bonchev–Trinajstić information content (AvgIpc) is 2.46. The molecule has 1 saturated heterocycles. The van der Waals surface area contributed by atoms with Gasteiger partial charge in [-0.2, -0.15) is 0 Å². The highest BCUT2D eigenvalue weighted by Crippen LogP contribution is 2.23. The number of benzene rings is 1. The van der Waals surface area contributed by atoms with Gasteiger partial charge in [-0.15, -0.1) is 0 Å². The van der Waals surface area contributed by atoms with E-state index in [-0.39, 0.29) is 24.7 Å². The van der Waals surface area contributed by atoms with E-state index in [0.29, 0.717) is 13.0 Å². The van der Waals surface area contributed by atoms with Gasteiger partial charge in [0.15, 0.2) is 0 Å². The van der Waals surface area contributed by atoms with Gasteiger partial charge in [0.1, 0.15) is 11.8 Å². The lowest BCUT2D eigenvalue weighted by Gasteiger charge is -2.38. The Morgan fingerprint density at radius 3 is 2.50 bits per heavy atom. The Balaban J connectivity index is 2.19. The zero-order chi connectivity index (χ0) is 16.1. The lowest BCUT2D eigenvalue weighted by molar-refractivity contribution is -0.152. The fourth-order valence-electron chi connectivity index (χ4n) is 2.92. The van der Waals surface area contributed by atoms with Crippen molar-refractivity contribution in [3.05, 3.63) is 35.9 Å². The van der Waals surface area contributed by atoms with Crippen molar-refractivity contribution in [3.8, 4) is 0 Å². The molecule has 1 aromatic rings.